The highest BCUT2D eigenvalue weighted by Crippen LogP contribution is 2.31. The highest BCUT2D eigenvalue weighted by molar-refractivity contribution is 7.89. The van der Waals surface area contributed by atoms with Crippen LogP contribution in [-0.4, -0.2) is 55.6 Å². The third-order valence-electron chi connectivity index (χ3n) is 6.63. The SMILES string of the molecule is CC(C)(C)OC(=O)N1CCc2sc(CN3CC[C@H](NS(=O)(=O)c4ccc5cc(Cl)ccc5c4)C3)cc2C1. The standard InChI is InChI=1S/C27H32ClN3O4S2/c1-27(2,3)35-26(32)31-11-9-25-20(15-31)13-23(36-25)17-30-10-8-22(16-30)29-37(33,34)24-7-5-18-12-21(28)6-4-19(18)14-24/h4-7,12-14,22,29H,8-11,15-17H2,1-3H3/t22-/m0/s1. The van der Waals surface area contributed by atoms with E-state index < -0.39 is 15.6 Å². The van der Waals surface area contributed by atoms with Crippen LogP contribution in [-0.2, 0) is 34.3 Å². The zero-order valence-electron chi connectivity index (χ0n) is 21.3. The molecule has 1 N–H and O–H groups in total. The number of fused-ring (bicyclic) bond motifs is 2. The molecule has 2 aliphatic rings. The van der Waals surface area contributed by atoms with Crippen LogP contribution < -0.4 is 4.72 Å². The Morgan fingerprint density at radius 1 is 1.14 bits per heavy atom. The maximum Gasteiger partial charge on any atom is 0.410 e. The number of benzene rings is 2. The van der Waals surface area contributed by atoms with E-state index in [1.807, 2.05) is 32.9 Å². The first-order valence-electron chi connectivity index (χ1n) is 12.5. The van der Waals surface area contributed by atoms with E-state index >= 15 is 0 Å². The average Bonchev–Trinajstić information content (AvgIpc) is 3.42. The van der Waals surface area contributed by atoms with Gasteiger partial charge < -0.3 is 9.64 Å². The Kier molecular flexibility index (Phi) is 7.28. The third-order valence-corrected chi connectivity index (χ3v) is 9.60. The van der Waals surface area contributed by atoms with E-state index in [1.165, 1.54) is 15.3 Å². The summed E-state index contributed by atoms with van der Waals surface area (Å²) in [6.07, 6.45) is 1.33. The van der Waals surface area contributed by atoms with Crippen LogP contribution in [0.15, 0.2) is 47.4 Å². The Balaban J connectivity index is 1.18. The molecule has 0 bridgehead atoms. The Labute approximate surface area is 227 Å². The Morgan fingerprint density at radius 3 is 2.68 bits per heavy atom. The summed E-state index contributed by atoms with van der Waals surface area (Å²) in [7, 11) is -3.63. The molecule has 1 saturated heterocycles. The number of hydrogen-bond acceptors (Lipinski definition) is 6. The van der Waals surface area contributed by atoms with Crippen molar-refractivity contribution in [3.8, 4) is 0 Å². The first-order chi connectivity index (χ1) is 17.4. The van der Waals surface area contributed by atoms with Crippen LogP contribution in [0.5, 0.6) is 0 Å². The third kappa shape index (κ3) is 6.29. The summed E-state index contributed by atoms with van der Waals surface area (Å²) in [5.41, 5.74) is 0.680. The molecule has 7 nitrogen and oxygen atoms in total. The van der Waals surface area contributed by atoms with E-state index in [-0.39, 0.29) is 17.0 Å². The normalized spacial score (nSPS) is 18.8. The predicted molar refractivity (Wildman–Crippen MR) is 148 cm³/mol. The van der Waals surface area contributed by atoms with Gasteiger partial charge in [-0.3, -0.25) is 4.90 Å². The molecule has 10 heteroatoms. The molecular weight excluding hydrogens is 530 g/mol. The maximum absolute atomic E-state index is 13.1. The van der Waals surface area contributed by atoms with E-state index in [1.54, 1.807) is 40.5 Å². The lowest BCUT2D eigenvalue weighted by Crippen LogP contribution is -2.39. The van der Waals surface area contributed by atoms with E-state index in [0.717, 1.165) is 36.7 Å². The highest BCUT2D eigenvalue weighted by atomic mass is 35.5. The average molecular weight is 562 g/mol. The fraction of sp³-hybridized carbons (Fsp3) is 0.444. The van der Waals surface area contributed by atoms with Gasteiger partial charge in [-0.2, -0.15) is 0 Å². The van der Waals surface area contributed by atoms with Crippen molar-refractivity contribution in [2.45, 2.75) is 63.2 Å². The van der Waals surface area contributed by atoms with Gasteiger partial charge in [0.2, 0.25) is 10.0 Å². The Hall–Kier alpha value is -2.17. The number of carbonyl (C=O) groups is 1. The van der Waals surface area contributed by atoms with E-state index in [9.17, 15) is 13.2 Å². The molecule has 3 heterocycles. The first-order valence-corrected chi connectivity index (χ1v) is 15.2. The number of thiophene rings is 1. The molecule has 37 heavy (non-hydrogen) atoms. The Morgan fingerprint density at radius 2 is 1.89 bits per heavy atom. The van der Waals surface area contributed by atoms with Crippen molar-refractivity contribution in [2.75, 3.05) is 19.6 Å². The van der Waals surface area contributed by atoms with Gasteiger partial charge in [-0.15, -0.1) is 11.3 Å². The van der Waals surface area contributed by atoms with Gasteiger partial charge in [-0.25, -0.2) is 17.9 Å². The van der Waals surface area contributed by atoms with Gasteiger partial charge in [-0.05, 0) is 80.3 Å². The smallest absolute Gasteiger partial charge is 0.410 e. The fourth-order valence-corrected chi connectivity index (χ4v) is 7.59. The number of sulfonamides is 1. The molecule has 198 valence electrons. The second kappa shape index (κ2) is 10.2. The van der Waals surface area contributed by atoms with Gasteiger partial charge in [0.1, 0.15) is 5.60 Å². The molecular formula is C27H32ClN3O4S2. The van der Waals surface area contributed by atoms with Crippen molar-refractivity contribution in [3.63, 3.8) is 0 Å². The van der Waals surface area contributed by atoms with Crippen LogP contribution in [0, 0.1) is 0 Å². The first kappa shape index (κ1) is 26.4. The van der Waals surface area contributed by atoms with Crippen molar-refractivity contribution in [1.29, 1.82) is 0 Å². The van der Waals surface area contributed by atoms with Crippen LogP contribution >= 0.6 is 22.9 Å². The molecule has 0 spiro atoms. The maximum atomic E-state index is 13.1. The molecule has 1 atom stereocenters. The molecule has 5 rings (SSSR count). The summed E-state index contributed by atoms with van der Waals surface area (Å²) >= 11 is 7.84. The number of hydrogen-bond donors (Lipinski definition) is 1. The number of ether oxygens (including phenoxy) is 1. The lowest BCUT2D eigenvalue weighted by Gasteiger charge is -2.29. The number of amides is 1. The summed E-state index contributed by atoms with van der Waals surface area (Å²) in [5.74, 6) is 0. The van der Waals surface area contributed by atoms with E-state index in [0.29, 0.717) is 24.7 Å². The summed E-state index contributed by atoms with van der Waals surface area (Å²) < 4.78 is 34.6. The summed E-state index contributed by atoms with van der Waals surface area (Å²) in [6.45, 7) is 9.14. The molecule has 0 radical (unpaired) electrons. The van der Waals surface area contributed by atoms with Gasteiger partial charge in [0, 0.05) is 47.0 Å². The van der Waals surface area contributed by atoms with Crippen molar-refractivity contribution >= 4 is 49.8 Å². The van der Waals surface area contributed by atoms with Gasteiger partial charge in [0.25, 0.3) is 0 Å². The van der Waals surface area contributed by atoms with Gasteiger partial charge in [-0.1, -0.05) is 23.7 Å². The molecule has 2 aromatic carbocycles. The van der Waals surface area contributed by atoms with E-state index in [4.69, 9.17) is 16.3 Å². The number of nitrogens with one attached hydrogen (secondary N) is 1. The molecule has 0 unspecified atom stereocenters. The summed E-state index contributed by atoms with van der Waals surface area (Å²) in [4.78, 5) is 19.4. The topological polar surface area (TPSA) is 79.0 Å². The number of likely N-dealkylation sites (tertiary alicyclic amines) is 1. The van der Waals surface area contributed by atoms with Crippen molar-refractivity contribution in [1.82, 2.24) is 14.5 Å². The lowest BCUT2D eigenvalue weighted by atomic mass is 10.1. The Bertz CT molecular complexity index is 1430. The number of nitrogens with zero attached hydrogens (tertiary/aromatic N) is 2. The molecule has 0 saturated carbocycles. The minimum Gasteiger partial charge on any atom is -0.444 e. The molecule has 1 amide bonds. The minimum absolute atomic E-state index is 0.136. The number of halogens is 1. The van der Waals surface area contributed by atoms with Crippen LogP contribution in [0.3, 0.4) is 0 Å². The zero-order valence-corrected chi connectivity index (χ0v) is 23.7. The zero-order chi connectivity index (χ0) is 26.4. The largest absolute Gasteiger partial charge is 0.444 e. The van der Waals surface area contributed by atoms with Crippen LogP contribution in [0.25, 0.3) is 10.8 Å². The lowest BCUT2D eigenvalue weighted by molar-refractivity contribution is 0.0225. The number of carbonyl (C=O) groups excluding carboxylic acids is 1. The minimum atomic E-state index is -3.63. The summed E-state index contributed by atoms with van der Waals surface area (Å²) in [5, 5.41) is 2.37. The molecule has 1 fully saturated rings. The molecule has 2 aliphatic heterocycles. The van der Waals surface area contributed by atoms with Crippen LogP contribution in [0.4, 0.5) is 4.79 Å². The van der Waals surface area contributed by atoms with Gasteiger partial charge in [0.15, 0.2) is 0 Å². The van der Waals surface area contributed by atoms with E-state index in [2.05, 4.69) is 15.7 Å². The number of rotatable bonds is 5. The fourth-order valence-electron chi connectivity index (χ4n) is 4.90. The molecule has 0 aliphatic carbocycles. The molecule has 1 aromatic heterocycles. The second-order valence-corrected chi connectivity index (χ2v) is 14.2. The predicted octanol–water partition coefficient (Wildman–Crippen LogP) is 5.40. The quantitative estimate of drug-likeness (QED) is 0.451. The summed E-state index contributed by atoms with van der Waals surface area (Å²) in [6, 6.07) is 12.6. The van der Waals surface area contributed by atoms with Crippen LogP contribution in [0.2, 0.25) is 5.02 Å². The van der Waals surface area contributed by atoms with Crippen molar-refractivity contribution < 1.29 is 17.9 Å². The van der Waals surface area contributed by atoms with Crippen molar-refractivity contribution in [2.24, 2.45) is 0 Å². The monoisotopic (exact) mass is 561 g/mol. The van der Waals surface area contributed by atoms with Gasteiger partial charge in [0.05, 0.1) is 11.4 Å². The van der Waals surface area contributed by atoms with Crippen LogP contribution in [0.1, 0.15) is 42.5 Å². The van der Waals surface area contributed by atoms with Crippen molar-refractivity contribution in [3.05, 3.63) is 62.8 Å². The van der Waals surface area contributed by atoms with Gasteiger partial charge >= 0.3 is 6.09 Å². The highest BCUT2D eigenvalue weighted by Gasteiger charge is 2.30. The molecule has 3 aromatic rings. The second-order valence-electron chi connectivity index (χ2n) is 10.8.